The van der Waals surface area contributed by atoms with E-state index >= 15 is 0 Å². The SMILES string of the molecule is CC(Cl)O[SiH](C)C. The second-order valence-electron chi connectivity index (χ2n) is 1.73. The molecule has 0 aromatic carbocycles. The Labute approximate surface area is 51.4 Å². The minimum absolute atomic E-state index is 0.0910. The van der Waals surface area contributed by atoms with Gasteiger partial charge in [0.15, 0.2) is 9.04 Å². The molecule has 0 radical (unpaired) electrons. The van der Waals surface area contributed by atoms with Crippen LogP contribution in [0.3, 0.4) is 0 Å². The predicted octanol–water partition coefficient (Wildman–Crippen LogP) is 1.57. The number of alkyl halides is 1. The molecule has 1 unspecified atom stereocenters. The summed E-state index contributed by atoms with van der Waals surface area (Å²) in [4.78, 5) is 0. The minimum Gasteiger partial charge on any atom is -0.405 e. The molecule has 0 saturated carbocycles. The molecule has 0 aliphatic carbocycles. The zero-order valence-corrected chi connectivity index (χ0v) is 6.85. The lowest BCUT2D eigenvalue weighted by atomic mass is 10.9. The highest BCUT2D eigenvalue weighted by Gasteiger charge is 1.98. The number of hydrogen-bond donors (Lipinski definition) is 0. The lowest BCUT2D eigenvalue weighted by Gasteiger charge is -2.06. The molecule has 0 bridgehead atoms. The maximum atomic E-state index is 5.49. The minimum atomic E-state index is -0.860. The van der Waals surface area contributed by atoms with Crippen LogP contribution in [0.5, 0.6) is 0 Å². The van der Waals surface area contributed by atoms with Gasteiger partial charge in [-0.3, -0.25) is 0 Å². The topological polar surface area (TPSA) is 9.23 Å². The summed E-state index contributed by atoms with van der Waals surface area (Å²) >= 11 is 5.49. The van der Waals surface area contributed by atoms with Crippen molar-refractivity contribution in [2.45, 2.75) is 25.6 Å². The van der Waals surface area contributed by atoms with Gasteiger partial charge in [0.25, 0.3) is 0 Å². The normalized spacial score (nSPS) is 15.0. The Morgan fingerprint density at radius 3 is 2.00 bits per heavy atom. The molecule has 0 N–H and O–H groups in total. The molecule has 44 valence electrons. The van der Waals surface area contributed by atoms with E-state index in [1.165, 1.54) is 0 Å². The third-order valence-corrected chi connectivity index (χ3v) is 1.69. The van der Waals surface area contributed by atoms with Gasteiger partial charge in [-0.1, -0.05) is 11.6 Å². The Morgan fingerprint density at radius 2 is 2.00 bits per heavy atom. The lowest BCUT2D eigenvalue weighted by molar-refractivity contribution is 0.309. The molecule has 3 heteroatoms. The third kappa shape index (κ3) is 6.47. The van der Waals surface area contributed by atoms with Gasteiger partial charge in [-0.25, -0.2) is 0 Å². The van der Waals surface area contributed by atoms with E-state index in [9.17, 15) is 0 Å². The summed E-state index contributed by atoms with van der Waals surface area (Å²) < 4.78 is 5.15. The Hall–Kier alpha value is 0.467. The van der Waals surface area contributed by atoms with Gasteiger partial charge >= 0.3 is 0 Å². The fraction of sp³-hybridized carbons (Fsp3) is 1.00. The molecule has 0 saturated heterocycles. The summed E-state index contributed by atoms with van der Waals surface area (Å²) in [6.45, 7) is 6.03. The fourth-order valence-corrected chi connectivity index (χ4v) is 1.74. The molecule has 0 rings (SSSR count). The summed E-state index contributed by atoms with van der Waals surface area (Å²) in [6, 6.07) is 0. The zero-order chi connectivity index (χ0) is 5.86. The van der Waals surface area contributed by atoms with Crippen LogP contribution >= 0.6 is 11.6 Å². The van der Waals surface area contributed by atoms with Crippen molar-refractivity contribution >= 4 is 20.6 Å². The molecular weight excluding hydrogens is 128 g/mol. The van der Waals surface area contributed by atoms with Gasteiger partial charge in [-0.2, -0.15) is 0 Å². The van der Waals surface area contributed by atoms with E-state index in [4.69, 9.17) is 16.0 Å². The molecule has 0 aromatic rings. The van der Waals surface area contributed by atoms with E-state index in [0.717, 1.165) is 0 Å². The second kappa shape index (κ2) is 3.47. The van der Waals surface area contributed by atoms with Gasteiger partial charge in [0.05, 0.1) is 0 Å². The van der Waals surface area contributed by atoms with Gasteiger partial charge in [0, 0.05) is 0 Å². The monoisotopic (exact) mass is 138 g/mol. The Balaban J connectivity index is 2.95. The highest BCUT2D eigenvalue weighted by Crippen LogP contribution is 1.97. The molecule has 1 nitrogen and oxygen atoms in total. The molecule has 1 atom stereocenters. The number of rotatable bonds is 2. The maximum Gasteiger partial charge on any atom is 0.172 e. The first-order valence-electron chi connectivity index (χ1n) is 2.42. The van der Waals surface area contributed by atoms with Crippen molar-refractivity contribution in [3.8, 4) is 0 Å². The molecule has 0 heterocycles. The van der Waals surface area contributed by atoms with Crippen LogP contribution in [0, 0.1) is 0 Å². The first kappa shape index (κ1) is 7.47. The number of hydrogen-bond acceptors (Lipinski definition) is 1. The zero-order valence-electron chi connectivity index (χ0n) is 4.94. The van der Waals surface area contributed by atoms with Crippen LogP contribution in [0.1, 0.15) is 6.92 Å². The third-order valence-electron chi connectivity index (χ3n) is 0.460. The maximum absolute atomic E-state index is 5.49. The molecule has 0 amide bonds. The van der Waals surface area contributed by atoms with Crippen molar-refractivity contribution in [1.82, 2.24) is 0 Å². The van der Waals surface area contributed by atoms with E-state index < -0.39 is 9.04 Å². The van der Waals surface area contributed by atoms with Gasteiger partial charge in [-0.05, 0) is 20.0 Å². The quantitative estimate of drug-likeness (QED) is 0.416. The molecular formula is C4H11ClOSi. The summed E-state index contributed by atoms with van der Waals surface area (Å²) in [7, 11) is -0.860. The summed E-state index contributed by atoms with van der Waals surface area (Å²) in [5.41, 5.74) is -0.0910. The van der Waals surface area contributed by atoms with Crippen LogP contribution in [0.2, 0.25) is 13.1 Å². The molecule has 0 aliphatic heterocycles. The number of halogens is 1. The van der Waals surface area contributed by atoms with Crippen molar-refractivity contribution < 1.29 is 4.43 Å². The Bertz CT molecular complexity index is 41.0. The first-order valence-corrected chi connectivity index (χ1v) is 5.64. The van der Waals surface area contributed by atoms with Crippen molar-refractivity contribution in [3.63, 3.8) is 0 Å². The lowest BCUT2D eigenvalue weighted by Crippen LogP contribution is -2.11. The van der Waals surface area contributed by atoms with E-state index in [-0.39, 0.29) is 5.56 Å². The molecule has 0 fully saturated rings. The van der Waals surface area contributed by atoms with Crippen LogP contribution in [0.15, 0.2) is 0 Å². The van der Waals surface area contributed by atoms with Crippen LogP contribution in [0.4, 0.5) is 0 Å². The Morgan fingerprint density at radius 1 is 1.57 bits per heavy atom. The van der Waals surface area contributed by atoms with E-state index in [1.54, 1.807) is 0 Å². The van der Waals surface area contributed by atoms with Gasteiger partial charge in [-0.15, -0.1) is 0 Å². The van der Waals surface area contributed by atoms with Crippen LogP contribution in [-0.2, 0) is 4.43 Å². The highest BCUT2D eigenvalue weighted by molar-refractivity contribution is 6.49. The molecule has 0 aromatic heterocycles. The van der Waals surface area contributed by atoms with Crippen molar-refractivity contribution in [3.05, 3.63) is 0 Å². The van der Waals surface area contributed by atoms with Crippen molar-refractivity contribution in [2.24, 2.45) is 0 Å². The first-order chi connectivity index (χ1) is 3.13. The second-order valence-corrected chi connectivity index (χ2v) is 4.71. The van der Waals surface area contributed by atoms with Crippen LogP contribution in [-0.4, -0.2) is 14.6 Å². The van der Waals surface area contributed by atoms with Gasteiger partial charge in [0.1, 0.15) is 5.56 Å². The molecule has 7 heavy (non-hydrogen) atoms. The largest absolute Gasteiger partial charge is 0.405 e. The molecule has 0 spiro atoms. The molecule has 0 aliphatic rings. The van der Waals surface area contributed by atoms with Gasteiger partial charge < -0.3 is 4.43 Å². The average molecular weight is 139 g/mol. The highest BCUT2D eigenvalue weighted by atomic mass is 35.5. The predicted molar refractivity (Wildman–Crippen MR) is 35.3 cm³/mol. The summed E-state index contributed by atoms with van der Waals surface area (Å²) in [6.07, 6.45) is 0. The smallest absolute Gasteiger partial charge is 0.172 e. The summed E-state index contributed by atoms with van der Waals surface area (Å²) in [5, 5.41) is 0. The van der Waals surface area contributed by atoms with Crippen LogP contribution < -0.4 is 0 Å². The van der Waals surface area contributed by atoms with Crippen molar-refractivity contribution in [2.75, 3.05) is 0 Å². The van der Waals surface area contributed by atoms with Crippen LogP contribution in [0.25, 0.3) is 0 Å². The van der Waals surface area contributed by atoms with Gasteiger partial charge in [0.2, 0.25) is 0 Å². The average Bonchev–Trinajstić information content (AvgIpc) is 1.27. The van der Waals surface area contributed by atoms with E-state index in [2.05, 4.69) is 13.1 Å². The standard InChI is InChI=1S/C4H11ClOSi/c1-4(5)6-7(2)3/h4,7H,1-3H3. The fourth-order valence-electron chi connectivity index (χ4n) is 0.375. The summed E-state index contributed by atoms with van der Waals surface area (Å²) in [5.74, 6) is 0. The van der Waals surface area contributed by atoms with E-state index in [1.807, 2.05) is 6.92 Å². The van der Waals surface area contributed by atoms with Crippen molar-refractivity contribution in [1.29, 1.82) is 0 Å². The Kier molecular flexibility index (Phi) is 3.70. The van der Waals surface area contributed by atoms with E-state index in [0.29, 0.717) is 0 Å².